The minimum absolute atomic E-state index is 0.144. The highest BCUT2D eigenvalue weighted by molar-refractivity contribution is 7.88. The molecule has 40 heavy (non-hydrogen) atoms. The molecule has 1 aliphatic carbocycles. The summed E-state index contributed by atoms with van der Waals surface area (Å²) >= 11 is 12.9. The van der Waals surface area contributed by atoms with Gasteiger partial charge < -0.3 is 4.90 Å². The van der Waals surface area contributed by atoms with Gasteiger partial charge in [0.2, 0.25) is 15.8 Å². The van der Waals surface area contributed by atoms with Crippen LogP contribution in [0, 0.1) is 0 Å². The molecule has 12 nitrogen and oxygen atoms in total. The Labute approximate surface area is 240 Å². The SMILES string of the molecule is CS(=O)(=O)N[C@H]1CCCC[C@@H]1N1C(=O)c2ccccc2[C@@H](C(=O)NOCc2nn[nH]n2)[C@@H]1c1ccc(Cl)cc1Cl. The molecular weight excluding hydrogens is 581 g/mol. The van der Waals surface area contributed by atoms with Gasteiger partial charge in [-0.15, -0.1) is 10.2 Å². The zero-order valence-electron chi connectivity index (χ0n) is 21.4. The summed E-state index contributed by atoms with van der Waals surface area (Å²) < 4.78 is 27.3. The lowest BCUT2D eigenvalue weighted by molar-refractivity contribution is -0.138. The van der Waals surface area contributed by atoms with E-state index in [1.54, 1.807) is 47.4 Å². The molecule has 1 fully saturated rings. The monoisotopic (exact) mass is 607 g/mol. The number of aromatic nitrogens is 4. The number of aromatic amines is 1. The second-order valence-electron chi connectivity index (χ2n) is 9.82. The first kappa shape index (κ1) is 28.4. The second-order valence-corrected chi connectivity index (χ2v) is 12.4. The summed E-state index contributed by atoms with van der Waals surface area (Å²) in [4.78, 5) is 35.1. The molecule has 0 spiro atoms. The van der Waals surface area contributed by atoms with Crippen molar-refractivity contribution in [2.75, 3.05) is 6.26 Å². The van der Waals surface area contributed by atoms with Crippen LogP contribution in [0.15, 0.2) is 42.5 Å². The first-order valence-corrected chi connectivity index (χ1v) is 15.3. The quantitative estimate of drug-likeness (QED) is 0.329. The molecule has 0 bridgehead atoms. The van der Waals surface area contributed by atoms with Crippen LogP contribution in [0.3, 0.4) is 0 Å². The van der Waals surface area contributed by atoms with Crippen molar-refractivity contribution in [3.63, 3.8) is 0 Å². The van der Waals surface area contributed by atoms with E-state index in [9.17, 15) is 18.0 Å². The normalized spacial score (nSPS) is 23.1. The molecule has 0 unspecified atom stereocenters. The summed E-state index contributed by atoms with van der Waals surface area (Å²) in [6.07, 6.45) is 3.74. The summed E-state index contributed by atoms with van der Waals surface area (Å²) in [5.74, 6) is -1.59. The first-order chi connectivity index (χ1) is 19.1. The second kappa shape index (κ2) is 11.8. The number of halogens is 2. The average molecular weight is 609 g/mol. The highest BCUT2D eigenvalue weighted by Gasteiger charge is 2.49. The van der Waals surface area contributed by atoms with Crippen LogP contribution in [0.4, 0.5) is 0 Å². The van der Waals surface area contributed by atoms with Crippen molar-refractivity contribution in [3.05, 3.63) is 75.0 Å². The summed E-state index contributed by atoms with van der Waals surface area (Å²) in [5, 5.41) is 14.0. The highest BCUT2D eigenvalue weighted by atomic mass is 35.5. The lowest BCUT2D eigenvalue weighted by atomic mass is 9.76. The van der Waals surface area contributed by atoms with Crippen molar-refractivity contribution in [2.45, 2.75) is 56.3 Å². The average Bonchev–Trinajstić information content (AvgIpc) is 3.42. The van der Waals surface area contributed by atoms with E-state index in [4.69, 9.17) is 28.0 Å². The number of carbonyl (C=O) groups excluding carboxylic acids is 2. The van der Waals surface area contributed by atoms with Crippen LogP contribution >= 0.6 is 23.2 Å². The van der Waals surface area contributed by atoms with Crippen LogP contribution in [0.1, 0.15) is 65.0 Å². The topological polar surface area (TPSA) is 159 Å². The summed E-state index contributed by atoms with van der Waals surface area (Å²) in [5.41, 5.74) is 3.80. The summed E-state index contributed by atoms with van der Waals surface area (Å²) in [6, 6.07) is 9.74. The van der Waals surface area contributed by atoms with Gasteiger partial charge in [-0.25, -0.2) is 18.6 Å². The fourth-order valence-corrected chi connectivity index (χ4v) is 6.95. The summed E-state index contributed by atoms with van der Waals surface area (Å²) in [7, 11) is -3.58. The number of carbonyl (C=O) groups is 2. The molecule has 1 aliphatic heterocycles. The van der Waals surface area contributed by atoms with Gasteiger partial charge in [0.25, 0.3) is 11.8 Å². The molecule has 2 heterocycles. The number of nitrogens with one attached hydrogen (secondary N) is 3. The minimum atomic E-state index is -3.58. The molecule has 15 heteroatoms. The van der Waals surface area contributed by atoms with E-state index in [0.717, 1.165) is 19.1 Å². The molecule has 2 aliphatic rings. The predicted molar refractivity (Wildman–Crippen MR) is 146 cm³/mol. The molecule has 0 radical (unpaired) electrons. The number of hydrogen-bond donors (Lipinski definition) is 3. The highest BCUT2D eigenvalue weighted by Crippen LogP contribution is 2.47. The van der Waals surface area contributed by atoms with Crippen LogP contribution in [-0.4, -0.2) is 64.1 Å². The fourth-order valence-electron chi connectivity index (χ4n) is 5.61. The molecule has 3 aromatic rings. The van der Waals surface area contributed by atoms with Gasteiger partial charge in [-0.1, -0.05) is 65.5 Å². The standard InChI is InChI=1S/C25H27Cl2N7O5S/c1-40(37,38)31-19-8-4-5-9-20(19)34-23(17-11-10-14(26)12-18(17)27)22(15-6-2-3-7-16(15)25(34)36)24(35)30-39-13-21-28-32-33-29-21/h2-3,6-7,10-12,19-20,22-23,31H,4-5,8-9,13H2,1H3,(H,30,35)(H,28,29,32,33)/t19-,20-,22+,23-/m0/s1. The molecular formula is C25H27Cl2N7O5S. The van der Waals surface area contributed by atoms with E-state index >= 15 is 0 Å². The Kier molecular flexibility index (Phi) is 8.38. The van der Waals surface area contributed by atoms with Gasteiger partial charge in [-0.2, -0.15) is 5.21 Å². The molecule has 4 atom stereocenters. The molecule has 5 rings (SSSR count). The number of nitrogens with zero attached hydrogens (tertiary/aromatic N) is 4. The number of amides is 2. The number of hydrogen-bond acceptors (Lipinski definition) is 8. The van der Waals surface area contributed by atoms with Crippen LogP contribution in [0.2, 0.25) is 10.0 Å². The molecule has 2 amide bonds. The van der Waals surface area contributed by atoms with Crippen molar-refractivity contribution in [3.8, 4) is 0 Å². The molecule has 1 aromatic heterocycles. The van der Waals surface area contributed by atoms with Crippen molar-refractivity contribution in [1.29, 1.82) is 0 Å². The molecule has 1 saturated carbocycles. The van der Waals surface area contributed by atoms with Crippen molar-refractivity contribution < 1.29 is 22.8 Å². The number of fused-ring (bicyclic) bond motifs is 1. The number of tetrazole rings is 1. The Bertz CT molecular complexity index is 1500. The van der Waals surface area contributed by atoms with E-state index in [2.05, 4.69) is 30.8 Å². The van der Waals surface area contributed by atoms with Crippen molar-refractivity contribution in [2.24, 2.45) is 0 Å². The molecule has 3 N–H and O–H groups in total. The lowest BCUT2D eigenvalue weighted by Gasteiger charge is -2.49. The first-order valence-electron chi connectivity index (χ1n) is 12.6. The van der Waals surface area contributed by atoms with Gasteiger partial charge in [0, 0.05) is 27.7 Å². The zero-order valence-corrected chi connectivity index (χ0v) is 23.7. The van der Waals surface area contributed by atoms with E-state index < -0.39 is 40.0 Å². The number of benzene rings is 2. The lowest BCUT2D eigenvalue weighted by Crippen LogP contribution is -2.59. The smallest absolute Gasteiger partial charge is 0.255 e. The van der Waals surface area contributed by atoms with Gasteiger partial charge in [0.05, 0.1) is 18.2 Å². The zero-order chi connectivity index (χ0) is 28.4. The third-order valence-electron chi connectivity index (χ3n) is 7.16. The van der Waals surface area contributed by atoms with Crippen LogP contribution in [-0.2, 0) is 26.3 Å². The van der Waals surface area contributed by atoms with Crippen molar-refractivity contribution in [1.82, 2.24) is 35.7 Å². The van der Waals surface area contributed by atoms with E-state index in [1.807, 2.05) is 0 Å². The van der Waals surface area contributed by atoms with Gasteiger partial charge in [-0.05, 0) is 42.2 Å². The van der Waals surface area contributed by atoms with E-state index in [-0.39, 0.29) is 23.4 Å². The van der Waals surface area contributed by atoms with Gasteiger partial charge in [0.1, 0.15) is 6.61 Å². The third kappa shape index (κ3) is 5.98. The third-order valence-corrected chi connectivity index (χ3v) is 8.45. The van der Waals surface area contributed by atoms with E-state index in [1.165, 1.54) is 0 Å². The van der Waals surface area contributed by atoms with Crippen LogP contribution in [0.5, 0.6) is 0 Å². The van der Waals surface area contributed by atoms with Gasteiger partial charge >= 0.3 is 0 Å². The predicted octanol–water partition coefficient (Wildman–Crippen LogP) is 2.90. The maximum atomic E-state index is 14.2. The molecule has 0 saturated heterocycles. The Morgan fingerprint density at radius 3 is 2.65 bits per heavy atom. The van der Waals surface area contributed by atoms with E-state index in [0.29, 0.717) is 34.6 Å². The van der Waals surface area contributed by atoms with Crippen LogP contribution < -0.4 is 10.2 Å². The van der Waals surface area contributed by atoms with Crippen LogP contribution in [0.25, 0.3) is 0 Å². The maximum Gasteiger partial charge on any atom is 0.255 e. The Balaban J connectivity index is 1.61. The Morgan fingerprint density at radius 2 is 1.93 bits per heavy atom. The number of hydroxylamine groups is 1. The molecule has 212 valence electrons. The molecule has 2 aromatic carbocycles. The Morgan fingerprint density at radius 1 is 1.15 bits per heavy atom. The number of sulfonamides is 1. The van der Waals surface area contributed by atoms with Crippen molar-refractivity contribution >= 4 is 45.0 Å². The number of H-pyrrole nitrogens is 1. The minimum Gasteiger partial charge on any atom is -0.326 e. The fraction of sp³-hybridized carbons (Fsp3) is 0.400. The number of rotatable bonds is 8. The van der Waals surface area contributed by atoms with Gasteiger partial charge in [-0.3, -0.25) is 14.4 Å². The van der Waals surface area contributed by atoms with Gasteiger partial charge in [0.15, 0.2) is 0 Å². The summed E-state index contributed by atoms with van der Waals surface area (Å²) in [6.45, 7) is -0.144. The largest absolute Gasteiger partial charge is 0.326 e. The Hall–Kier alpha value is -3.10. The maximum absolute atomic E-state index is 14.2.